The topological polar surface area (TPSA) is 85.8 Å². The quantitative estimate of drug-likeness (QED) is 0.442. The van der Waals surface area contributed by atoms with E-state index in [1.54, 1.807) is 0 Å². The van der Waals surface area contributed by atoms with Gasteiger partial charge in [-0.25, -0.2) is 4.68 Å². The Morgan fingerprint density at radius 2 is 1.85 bits per heavy atom. The van der Waals surface area contributed by atoms with Gasteiger partial charge in [0.2, 0.25) is 11.1 Å². The van der Waals surface area contributed by atoms with Gasteiger partial charge in [-0.15, -0.1) is 10.2 Å². The van der Waals surface area contributed by atoms with Crippen LogP contribution in [-0.4, -0.2) is 26.5 Å². The van der Waals surface area contributed by atoms with E-state index in [2.05, 4.69) is 31.4 Å². The molecule has 3 rings (SSSR count). The molecule has 0 aliphatic heterocycles. The van der Waals surface area contributed by atoms with Crippen molar-refractivity contribution in [1.29, 1.82) is 0 Å². The highest BCUT2D eigenvalue weighted by Gasteiger charge is 2.12. The molecule has 8 heteroatoms. The molecule has 2 aromatic carbocycles. The molecule has 0 aliphatic carbocycles. The summed E-state index contributed by atoms with van der Waals surface area (Å²) >= 11 is 4.81. The Hall–Kier alpha value is -2.32. The molecule has 0 saturated heterocycles. The summed E-state index contributed by atoms with van der Waals surface area (Å²) in [4.78, 5) is 11.9. The van der Waals surface area contributed by atoms with Crippen molar-refractivity contribution in [2.24, 2.45) is 0 Å². The van der Waals surface area contributed by atoms with Gasteiger partial charge in [0.1, 0.15) is 0 Å². The predicted molar refractivity (Wildman–Crippen MR) is 107 cm³/mol. The van der Waals surface area contributed by atoms with Gasteiger partial charge in [0, 0.05) is 28.8 Å². The van der Waals surface area contributed by atoms with E-state index in [1.807, 2.05) is 54.6 Å². The van der Waals surface area contributed by atoms with Crippen molar-refractivity contribution >= 4 is 33.6 Å². The average Bonchev–Trinajstić information content (AvgIpc) is 3.02. The Kier molecular flexibility index (Phi) is 6.30. The van der Waals surface area contributed by atoms with Crippen LogP contribution in [0, 0.1) is 0 Å². The number of nitrogens with one attached hydrogen (secondary N) is 1. The first-order valence-electron chi connectivity index (χ1n) is 8.03. The molecule has 0 radical (unpaired) electrons. The van der Waals surface area contributed by atoms with E-state index in [0.29, 0.717) is 29.7 Å². The van der Waals surface area contributed by atoms with Gasteiger partial charge in [0.25, 0.3) is 0 Å². The third-order valence-corrected chi connectivity index (χ3v) is 5.13. The van der Waals surface area contributed by atoms with Crippen LogP contribution >= 0.6 is 27.7 Å². The molecule has 0 aliphatic rings. The minimum Gasteiger partial charge on any atom is -0.352 e. The van der Waals surface area contributed by atoms with Crippen molar-refractivity contribution in [3.05, 3.63) is 64.6 Å². The SMILES string of the molecule is Nn1c(SCCC(=O)NCc2ccccc2)nnc1-c1ccc(Br)cc1. The molecule has 0 atom stereocenters. The molecule has 1 amide bonds. The van der Waals surface area contributed by atoms with Crippen LogP contribution in [0.2, 0.25) is 0 Å². The number of carbonyl (C=O) groups excluding carboxylic acids is 1. The van der Waals surface area contributed by atoms with Crippen LogP contribution in [0.3, 0.4) is 0 Å². The van der Waals surface area contributed by atoms with E-state index in [1.165, 1.54) is 16.4 Å². The van der Waals surface area contributed by atoms with Crippen molar-refractivity contribution in [2.75, 3.05) is 11.6 Å². The number of hydrogen-bond donors (Lipinski definition) is 2. The normalized spacial score (nSPS) is 10.7. The lowest BCUT2D eigenvalue weighted by Crippen LogP contribution is -2.23. The molecule has 0 saturated carbocycles. The number of thioether (sulfide) groups is 1. The van der Waals surface area contributed by atoms with Crippen molar-refractivity contribution in [3.8, 4) is 11.4 Å². The van der Waals surface area contributed by atoms with Crippen molar-refractivity contribution in [2.45, 2.75) is 18.1 Å². The first kappa shape index (κ1) is 18.5. The molecule has 0 fully saturated rings. The number of nitrogens with zero attached hydrogens (tertiary/aromatic N) is 3. The second kappa shape index (κ2) is 8.86. The Labute approximate surface area is 164 Å². The van der Waals surface area contributed by atoms with Crippen LogP contribution in [0.5, 0.6) is 0 Å². The Balaban J connectivity index is 1.49. The van der Waals surface area contributed by atoms with Crippen LogP contribution in [0.25, 0.3) is 11.4 Å². The molecule has 1 aromatic heterocycles. The molecule has 134 valence electrons. The van der Waals surface area contributed by atoms with Gasteiger partial charge in [0.15, 0.2) is 5.82 Å². The second-order valence-electron chi connectivity index (χ2n) is 5.54. The smallest absolute Gasteiger partial charge is 0.221 e. The van der Waals surface area contributed by atoms with Crippen molar-refractivity contribution in [3.63, 3.8) is 0 Å². The number of halogens is 1. The van der Waals surface area contributed by atoms with E-state index in [-0.39, 0.29) is 5.91 Å². The van der Waals surface area contributed by atoms with E-state index in [0.717, 1.165) is 15.6 Å². The maximum Gasteiger partial charge on any atom is 0.221 e. The zero-order chi connectivity index (χ0) is 18.4. The highest BCUT2D eigenvalue weighted by molar-refractivity contribution is 9.10. The van der Waals surface area contributed by atoms with Gasteiger partial charge in [-0.1, -0.05) is 70.2 Å². The predicted octanol–water partition coefficient (Wildman–Crippen LogP) is 3.22. The fourth-order valence-electron chi connectivity index (χ4n) is 2.29. The molecule has 0 spiro atoms. The summed E-state index contributed by atoms with van der Waals surface area (Å²) in [5, 5.41) is 11.7. The number of hydrogen-bond acceptors (Lipinski definition) is 5. The number of rotatable bonds is 7. The summed E-state index contributed by atoms with van der Waals surface area (Å²) < 4.78 is 2.44. The average molecular weight is 432 g/mol. The van der Waals surface area contributed by atoms with Crippen molar-refractivity contribution in [1.82, 2.24) is 20.2 Å². The first-order valence-corrected chi connectivity index (χ1v) is 9.81. The summed E-state index contributed by atoms with van der Waals surface area (Å²) in [5.74, 6) is 7.25. The largest absolute Gasteiger partial charge is 0.352 e. The highest BCUT2D eigenvalue weighted by Crippen LogP contribution is 2.23. The molecule has 26 heavy (non-hydrogen) atoms. The molecular weight excluding hydrogens is 414 g/mol. The Morgan fingerprint density at radius 3 is 2.58 bits per heavy atom. The fraction of sp³-hybridized carbons (Fsp3) is 0.167. The molecule has 3 aromatic rings. The first-order chi connectivity index (χ1) is 12.6. The van der Waals surface area contributed by atoms with Gasteiger partial charge < -0.3 is 11.2 Å². The van der Waals surface area contributed by atoms with E-state index >= 15 is 0 Å². The Bertz CT molecular complexity index is 867. The monoisotopic (exact) mass is 431 g/mol. The zero-order valence-corrected chi connectivity index (χ0v) is 16.3. The lowest BCUT2D eigenvalue weighted by molar-refractivity contribution is -0.120. The summed E-state index contributed by atoms with van der Waals surface area (Å²) in [5.41, 5.74) is 1.96. The summed E-state index contributed by atoms with van der Waals surface area (Å²) in [7, 11) is 0. The van der Waals surface area contributed by atoms with Gasteiger partial charge in [-0.2, -0.15) is 0 Å². The fourth-order valence-corrected chi connectivity index (χ4v) is 3.35. The number of nitrogen functional groups attached to an aromatic ring is 1. The molecule has 6 nitrogen and oxygen atoms in total. The number of aromatic nitrogens is 3. The molecule has 0 bridgehead atoms. The summed E-state index contributed by atoms with van der Waals surface area (Å²) in [6.45, 7) is 0.533. The van der Waals surface area contributed by atoms with Crippen LogP contribution in [0.15, 0.2) is 64.2 Å². The van der Waals surface area contributed by atoms with Crippen LogP contribution in [-0.2, 0) is 11.3 Å². The molecule has 3 N–H and O–H groups in total. The Morgan fingerprint density at radius 1 is 1.12 bits per heavy atom. The number of amides is 1. The van der Waals surface area contributed by atoms with Crippen LogP contribution in [0.1, 0.15) is 12.0 Å². The summed E-state index contributed by atoms with van der Waals surface area (Å²) in [6.07, 6.45) is 0.387. The maximum atomic E-state index is 11.9. The van der Waals surface area contributed by atoms with Crippen LogP contribution < -0.4 is 11.2 Å². The number of nitrogens with two attached hydrogens (primary N) is 1. The van der Waals surface area contributed by atoms with Crippen LogP contribution in [0.4, 0.5) is 0 Å². The molecular formula is C18H18BrN5OS. The molecule has 0 unspecified atom stereocenters. The van der Waals surface area contributed by atoms with Crippen molar-refractivity contribution < 1.29 is 4.79 Å². The molecule has 1 heterocycles. The zero-order valence-electron chi connectivity index (χ0n) is 13.9. The van der Waals surface area contributed by atoms with E-state index in [9.17, 15) is 4.79 Å². The second-order valence-corrected chi connectivity index (χ2v) is 7.52. The van der Waals surface area contributed by atoms with E-state index in [4.69, 9.17) is 5.84 Å². The third-order valence-electron chi connectivity index (χ3n) is 3.66. The van der Waals surface area contributed by atoms with Gasteiger partial charge in [-0.05, 0) is 17.7 Å². The minimum atomic E-state index is -0.00225. The highest BCUT2D eigenvalue weighted by atomic mass is 79.9. The van der Waals surface area contributed by atoms with Gasteiger partial charge in [0.05, 0.1) is 0 Å². The number of benzene rings is 2. The minimum absolute atomic E-state index is 0.00225. The van der Waals surface area contributed by atoms with E-state index < -0.39 is 0 Å². The lowest BCUT2D eigenvalue weighted by atomic mass is 10.2. The summed E-state index contributed by atoms with van der Waals surface area (Å²) in [6, 6.07) is 17.5. The third kappa shape index (κ3) is 4.86. The van der Waals surface area contributed by atoms with Gasteiger partial charge >= 0.3 is 0 Å². The maximum absolute atomic E-state index is 11.9. The van der Waals surface area contributed by atoms with Gasteiger partial charge in [-0.3, -0.25) is 4.79 Å². The number of carbonyl (C=O) groups is 1. The standard InChI is InChI=1S/C18H18BrN5OS/c19-15-8-6-14(7-9-15)17-22-23-18(24(17)20)26-11-10-16(25)21-12-13-4-2-1-3-5-13/h1-9H,10-12,20H2,(H,21,25). The lowest BCUT2D eigenvalue weighted by Gasteiger charge is -2.06.